The molecule has 0 N–H and O–H groups in total. The number of benzene rings is 2. The Kier molecular flexibility index (Phi) is 5.31. The molecule has 0 heterocycles. The Hall–Kier alpha value is -2.62. The lowest BCUT2D eigenvalue weighted by Gasteiger charge is -2.16. The van der Waals surface area contributed by atoms with Gasteiger partial charge in [-0.15, -0.1) is 0 Å². The first-order valence-corrected chi connectivity index (χ1v) is 7.06. The number of aldehydes is 4. The SMILES string of the molecule is O=CCc1cc2cccc(CC=O)c2c(CC=O)c1CC=O. The summed E-state index contributed by atoms with van der Waals surface area (Å²) in [5.41, 5.74) is 3.05. The van der Waals surface area contributed by atoms with E-state index in [0.29, 0.717) is 0 Å². The fourth-order valence-electron chi connectivity index (χ4n) is 2.91. The molecule has 0 spiro atoms. The molecule has 0 bridgehead atoms. The third kappa shape index (κ3) is 3.01. The monoisotopic (exact) mass is 296 g/mol. The zero-order valence-electron chi connectivity index (χ0n) is 12.1. The van der Waals surface area contributed by atoms with Crippen molar-refractivity contribution in [1.29, 1.82) is 0 Å². The van der Waals surface area contributed by atoms with Gasteiger partial charge in [0.05, 0.1) is 0 Å². The Morgan fingerprint density at radius 2 is 1.27 bits per heavy atom. The molecule has 2 rings (SSSR count). The van der Waals surface area contributed by atoms with Crippen molar-refractivity contribution in [3.05, 3.63) is 46.5 Å². The van der Waals surface area contributed by atoms with E-state index in [1.165, 1.54) is 0 Å². The largest absolute Gasteiger partial charge is 0.303 e. The molecular weight excluding hydrogens is 280 g/mol. The molecule has 0 aliphatic heterocycles. The fourth-order valence-corrected chi connectivity index (χ4v) is 2.91. The second-order valence-corrected chi connectivity index (χ2v) is 4.99. The van der Waals surface area contributed by atoms with Crippen LogP contribution in [0, 0.1) is 0 Å². The highest BCUT2D eigenvalue weighted by Gasteiger charge is 2.15. The number of fused-ring (bicyclic) bond motifs is 1. The van der Waals surface area contributed by atoms with Crippen LogP contribution in [0.25, 0.3) is 10.8 Å². The van der Waals surface area contributed by atoms with Gasteiger partial charge in [0.15, 0.2) is 0 Å². The first-order chi connectivity index (χ1) is 10.8. The van der Waals surface area contributed by atoms with Gasteiger partial charge in [-0.05, 0) is 33.0 Å². The number of rotatable bonds is 8. The van der Waals surface area contributed by atoms with Crippen LogP contribution in [0.15, 0.2) is 24.3 Å². The van der Waals surface area contributed by atoms with Gasteiger partial charge in [-0.1, -0.05) is 24.3 Å². The molecular formula is C18H16O4. The smallest absolute Gasteiger partial charge is 0.124 e. The maximum Gasteiger partial charge on any atom is 0.124 e. The average molecular weight is 296 g/mol. The van der Waals surface area contributed by atoms with Crippen LogP contribution >= 0.6 is 0 Å². The number of hydrogen-bond donors (Lipinski definition) is 0. The van der Waals surface area contributed by atoms with Gasteiger partial charge in [0.1, 0.15) is 25.1 Å². The van der Waals surface area contributed by atoms with Crippen molar-refractivity contribution in [3.63, 3.8) is 0 Å². The van der Waals surface area contributed by atoms with Crippen LogP contribution in [-0.4, -0.2) is 25.1 Å². The van der Waals surface area contributed by atoms with E-state index in [1.807, 2.05) is 24.3 Å². The highest BCUT2D eigenvalue weighted by Crippen LogP contribution is 2.30. The van der Waals surface area contributed by atoms with E-state index in [4.69, 9.17) is 0 Å². The Balaban J connectivity index is 2.86. The predicted octanol–water partition coefficient (Wildman–Crippen LogP) is 1.81. The minimum absolute atomic E-state index is 0.151. The van der Waals surface area contributed by atoms with Gasteiger partial charge in [-0.3, -0.25) is 0 Å². The van der Waals surface area contributed by atoms with E-state index in [-0.39, 0.29) is 25.7 Å². The van der Waals surface area contributed by atoms with Crippen molar-refractivity contribution in [2.24, 2.45) is 0 Å². The summed E-state index contributed by atoms with van der Waals surface area (Å²) >= 11 is 0. The Labute approximate surface area is 128 Å². The molecule has 22 heavy (non-hydrogen) atoms. The van der Waals surface area contributed by atoms with E-state index in [9.17, 15) is 19.2 Å². The third-order valence-electron chi connectivity index (χ3n) is 3.75. The summed E-state index contributed by atoms with van der Waals surface area (Å²) in [4.78, 5) is 43.9. The lowest BCUT2D eigenvalue weighted by molar-refractivity contribution is -0.108. The van der Waals surface area contributed by atoms with E-state index < -0.39 is 0 Å². The molecule has 0 saturated carbocycles. The summed E-state index contributed by atoms with van der Waals surface area (Å²) in [6, 6.07) is 7.44. The van der Waals surface area contributed by atoms with Crippen molar-refractivity contribution < 1.29 is 19.2 Å². The normalized spacial score (nSPS) is 10.4. The van der Waals surface area contributed by atoms with E-state index in [1.54, 1.807) is 0 Å². The van der Waals surface area contributed by atoms with Gasteiger partial charge in [0.25, 0.3) is 0 Å². The first-order valence-electron chi connectivity index (χ1n) is 7.06. The number of hydrogen-bond acceptors (Lipinski definition) is 4. The van der Waals surface area contributed by atoms with Crippen LogP contribution in [0.2, 0.25) is 0 Å². The quantitative estimate of drug-likeness (QED) is 0.697. The topological polar surface area (TPSA) is 68.3 Å². The zero-order chi connectivity index (χ0) is 15.9. The molecule has 0 aliphatic rings. The van der Waals surface area contributed by atoms with Crippen LogP contribution < -0.4 is 0 Å². The second kappa shape index (κ2) is 7.41. The molecule has 0 aliphatic carbocycles. The van der Waals surface area contributed by atoms with Crippen molar-refractivity contribution in [1.82, 2.24) is 0 Å². The van der Waals surface area contributed by atoms with Gasteiger partial charge in [0.2, 0.25) is 0 Å². The van der Waals surface area contributed by atoms with Gasteiger partial charge >= 0.3 is 0 Å². The molecule has 2 aromatic carbocycles. The highest BCUT2D eigenvalue weighted by molar-refractivity contribution is 5.94. The zero-order valence-corrected chi connectivity index (χ0v) is 12.1. The maximum atomic E-state index is 11.1. The van der Waals surface area contributed by atoms with E-state index in [0.717, 1.165) is 58.2 Å². The molecule has 2 aromatic rings. The maximum absolute atomic E-state index is 11.1. The predicted molar refractivity (Wildman–Crippen MR) is 83.0 cm³/mol. The molecule has 0 radical (unpaired) electrons. The molecule has 112 valence electrons. The fraction of sp³-hybridized carbons (Fsp3) is 0.222. The molecule has 0 saturated heterocycles. The van der Waals surface area contributed by atoms with Gasteiger partial charge in [-0.2, -0.15) is 0 Å². The summed E-state index contributed by atoms with van der Waals surface area (Å²) in [6.45, 7) is 0. The van der Waals surface area contributed by atoms with E-state index >= 15 is 0 Å². The number of carbonyl (C=O) groups is 4. The van der Waals surface area contributed by atoms with Gasteiger partial charge < -0.3 is 19.2 Å². The highest BCUT2D eigenvalue weighted by atomic mass is 16.1. The summed E-state index contributed by atoms with van der Waals surface area (Å²) in [5, 5.41) is 1.72. The van der Waals surface area contributed by atoms with Crippen molar-refractivity contribution >= 4 is 35.9 Å². The summed E-state index contributed by atoms with van der Waals surface area (Å²) in [7, 11) is 0. The lowest BCUT2D eigenvalue weighted by Crippen LogP contribution is -2.06. The van der Waals surface area contributed by atoms with Crippen LogP contribution in [-0.2, 0) is 44.9 Å². The third-order valence-corrected chi connectivity index (χ3v) is 3.75. The molecule has 0 unspecified atom stereocenters. The summed E-state index contributed by atoms with van der Waals surface area (Å²) in [5.74, 6) is 0. The Morgan fingerprint density at radius 1 is 0.682 bits per heavy atom. The minimum Gasteiger partial charge on any atom is -0.303 e. The van der Waals surface area contributed by atoms with Gasteiger partial charge in [0, 0.05) is 25.7 Å². The number of carbonyl (C=O) groups excluding carboxylic acids is 4. The van der Waals surface area contributed by atoms with Crippen LogP contribution in [0.4, 0.5) is 0 Å². The van der Waals surface area contributed by atoms with Crippen molar-refractivity contribution in [3.8, 4) is 0 Å². The molecule has 4 heteroatoms. The molecule has 0 atom stereocenters. The standard InChI is InChI=1S/C18H16O4/c19-8-4-13-2-1-3-15-12-14(5-9-20)16(6-10-21)17(7-11-22)18(13)15/h1-3,8-12H,4-7H2. The van der Waals surface area contributed by atoms with Crippen molar-refractivity contribution in [2.75, 3.05) is 0 Å². The van der Waals surface area contributed by atoms with E-state index in [2.05, 4.69) is 0 Å². The molecule has 0 fully saturated rings. The van der Waals surface area contributed by atoms with Crippen LogP contribution in [0.5, 0.6) is 0 Å². The molecule has 0 amide bonds. The Morgan fingerprint density at radius 3 is 1.91 bits per heavy atom. The summed E-state index contributed by atoms with van der Waals surface area (Å²) in [6.07, 6.45) is 3.91. The van der Waals surface area contributed by atoms with Crippen molar-refractivity contribution in [2.45, 2.75) is 25.7 Å². The first kappa shape index (κ1) is 15.8. The minimum atomic E-state index is 0.151. The van der Waals surface area contributed by atoms with Gasteiger partial charge in [-0.25, -0.2) is 0 Å². The molecule has 4 nitrogen and oxygen atoms in total. The lowest BCUT2D eigenvalue weighted by atomic mass is 9.87. The van der Waals surface area contributed by atoms with Crippen LogP contribution in [0.1, 0.15) is 22.3 Å². The second-order valence-electron chi connectivity index (χ2n) is 4.99. The van der Waals surface area contributed by atoms with Crippen LogP contribution in [0.3, 0.4) is 0 Å². The molecule has 0 aromatic heterocycles. The summed E-state index contributed by atoms with van der Waals surface area (Å²) < 4.78 is 0. The average Bonchev–Trinajstić information content (AvgIpc) is 2.51. The Bertz CT molecular complexity index is 731.